The Kier molecular flexibility index (Phi) is 4.81. The number of ether oxygens (including phenoxy) is 2. The molecule has 5 nitrogen and oxygen atoms in total. The summed E-state index contributed by atoms with van der Waals surface area (Å²) in [6.07, 6.45) is 0.888. The summed E-state index contributed by atoms with van der Waals surface area (Å²) in [7, 11) is 3.11. The molecule has 2 aromatic rings. The minimum absolute atomic E-state index is 0.00537. The number of carbonyl (C=O) groups is 1. The van der Waals surface area contributed by atoms with Crippen molar-refractivity contribution in [3.8, 4) is 11.5 Å². The Morgan fingerprint density at radius 1 is 1.21 bits per heavy atom. The summed E-state index contributed by atoms with van der Waals surface area (Å²) in [5.41, 5.74) is 2.83. The molecule has 1 heterocycles. The number of carbonyl (C=O) groups excluding carboxylic acids is 1. The highest BCUT2D eigenvalue weighted by atomic mass is 35.5. The van der Waals surface area contributed by atoms with E-state index in [4.69, 9.17) is 21.1 Å². The normalized spacial score (nSPS) is 12.7. The molecule has 0 unspecified atom stereocenters. The third-order valence-corrected chi connectivity index (χ3v) is 4.40. The predicted octanol–water partition coefficient (Wildman–Crippen LogP) is 3.36. The van der Waals surface area contributed by atoms with E-state index in [0.717, 1.165) is 12.1 Å². The molecule has 0 radical (unpaired) electrons. The lowest BCUT2D eigenvalue weighted by Gasteiger charge is -2.19. The molecule has 0 saturated carbocycles. The van der Waals surface area contributed by atoms with Gasteiger partial charge in [0.2, 0.25) is 5.91 Å². The van der Waals surface area contributed by atoms with Gasteiger partial charge in [0.1, 0.15) is 0 Å². The van der Waals surface area contributed by atoms with Crippen molar-refractivity contribution in [1.82, 2.24) is 0 Å². The second-order valence-electron chi connectivity index (χ2n) is 5.46. The molecule has 0 saturated heterocycles. The molecular weight excluding hydrogens is 328 g/mol. The highest BCUT2D eigenvalue weighted by molar-refractivity contribution is 6.33. The van der Waals surface area contributed by atoms with Crippen molar-refractivity contribution >= 4 is 28.9 Å². The van der Waals surface area contributed by atoms with Gasteiger partial charge in [-0.2, -0.15) is 0 Å². The summed E-state index contributed by atoms with van der Waals surface area (Å²) in [4.78, 5) is 14.3. The van der Waals surface area contributed by atoms with Gasteiger partial charge in [0.15, 0.2) is 11.5 Å². The number of benzene rings is 2. The van der Waals surface area contributed by atoms with Gasteiger partial charge in [0.05, 0.1) is 31.5 Å². The molecule has 1 aliphatic rings. The third-order valence-electron chi connectivity index (χ3n) is 4.09. The average molecular weight is 347 g/mol. The third kappa shape index (κ3) is 3.12. The van der Waals surface area contributed by atoms with Gasteiger partial charge in [-0.05, 0) is 18.1 Å². The van der Waals surface area contributed by atoms with Gasteiger partial charge in [-0.3, -0.25) is 4.79 Å². The average Bonchev–Trinajstić information content (AvgIpc) is 3.04. The van der Waals surface area contributed by atoms with E-state index >= 15 is 0 Å². The van der Waals surface area contributed by atoms with E-state index in [9.17, 15) is 4.79 Å². The number of halogens is 1. The highest BCUT2D eigenvalue weighted by Gasteiger charge is 2.24. The van der Waals surface area contributed by atoms with E-state index < -0.39 is 0 Å². The van der Waals surface area contributed by atoms with Gasteiger partial charge in [0, 0.05) is 24.4 Å². The summed E-state index contributed by atoms with van der Waals surface area (Å²) < 4.78 is 10.5. The summed E-state index contributed by atoms with van der Waals surface area (Å²) in [6.45, 7) is 0.864. The second kappa shape index (κ2) is 7.01. The van der Waals surface area contributed by atoms with Crippen LogP contribution >= 0.6 is 11.6 Å². The molecule has 24 heavy (non-hydrogen) atoms. The number of hydrogen-bond donors (Lipinski definition) is 1. The maximum atomic E-state index is 12.5. The summed E-state index contributed by atoms with van der Waals surface area (Å²) in [5.74, 6) is 1.11. The fourth-order valence-electron chi connectivity index (χ4n) is 2.85. The summed E-state index contributed by atoms with van der Waals surface area (Å²) in [6, 6.07) is 11.4. The van der Waals surface area contributed by atoms with Crippen LogP contribution in [-0.4, -0.2) is 33.2 Å². The number of anilines is 2. The van der Waals surface area contributed by atoms with Crippen LogP contribution in [0.3, 0.4) is 0 Å². The zero-order valence-corrected chi connectivity index (χ0v) is 14.4. The molecule has 0 aliphatic carbocycles. The Hall–Kier alpha value is -2.40. The molecule has 0 aromatic heterocycles. The van der Waals surface area contributed by atoms with E-state index in [-0.39, 0.29) is 12.5 Å². The Bertz CT molecular complexity index is 764. The van der Waals surface area contributed by atoms with Crippen LogP contribution in [0.2, 0.25) is 5.02 Å². The van der Waals surface area contributed by atoms with Gasteiger partial charge >= 0.3 is 0 Å². The lowest BCUT2D eigenvalue weighted by atomic mass is 10.2. The zero-order valence-electron chi connectivity index (χ0n) is 13.6. The molecule has 1 aliphatic heterocycles. The smallest absolute Gasteiger partial charge is 0.246 e. The molecule has 2 aromatic carbocycles. The van der Waals surface area contributed by atoms with Crippen LogP contribution < -0.4 is 19.7 Å². The van der Waals surface area contributed by atoms with E-state index in [2.05, 4.69) is 11.4 Å². The van der Waals surface area contributed by atoms with Crippen LogP contribution in [0.15, 0.2) is 36.4 Å². The Balaban J connectivity index is 1.71. The maximum Gasteiger partial charge on any atom is 0.246 e. The number of para-hydroxylation sites is 1. The lowest BCUT2D eigenvalue weighted by Crippen LogP contribution is -2.34. The van der Waals surface area contributed by atoms with E-state index in [1.54, 1.807) is 31.3 Å². The van der Waals surface area contributed by atoms with Crippen LogP contribution in [0.4, 0.5) is 11.4 Å². The van der Waals surface area contributed by atoms with E-state index in [1.165, 1.54) is 5.56 Å². The first-order chi connectivity index (χ1) is 11.6. The Labute approximate surface area is 146 Å². The lowest BCUT2D eigenvalue weighted by molar-refractivity contribution is -0.116. The highest BCUT2D eigenvalue weighted by Crippen LogP contribution is 2.36. The molecule has 1 N–H and O–H groups in total. The van der Waals surface area contributed by atoms with Gasteiger partial charge < -0.3 is 19.7 Å². The number of rotatable bonds is 5. The van der Waals surface area contributed by atoms with Gasteiger partial charge in [-0.25, -0.2) is 0 Å². The van der Waals surface area contributed by atoms with Crippen molar-refractivity contribution in [2.75, 3.05) is 37.5 Å². The number of methoxy groups -OCH3 is 2. The van der Waals surface area contributed by atoms with Crippen molar-refractivity contribution in [2.45, 2.75) is 6.42 Å². The minimum atomic E-state index is 0.00537. The molecule has 6 heteroatoms. The maximum absolute atomic E-state index is 12.5. The number of hydrogen-bond acceptors (Lipinski definition) is 4. The number of nitrogens with one attached hydrogen (secondary N) is 1. The molecule has 0 fully saturated rings. The van der Waals surface area contributed by atoms with Crippen molar-refractivity contribution in [1.29, 1.82) is 0 Å². The monoisotopic (exact) mass is 346 g/mol. The molecule has 0 atom stereocenters. The molecule has 0 spiro atoms. The van der Waals surface area contributed by atoms with Crippen LogP contribution in [0, 0.1) is 0 Å². The summed E-state index contributed by atoms with van der Waals surface area (Å²) >= 11 is 6.24. The first kappa shape index (κ1) is 16.5. The largest absolute Gasteiger partial charge is 0.493 e. The van der Waals surface area contributed by atoms with Crippen molar-refractivity contribution in [3.05, 3.63) is 47.0 Å². The van der Waals surface area contributed by atoms with Crippen LogP contribution in [-0.2, 0) is 11.2 Å². The standard InChI is InChI=1S/C18H19ClN2O3/c1-23-16-9-13(19)14(10-17(16)24-2)20-11-18(22)21-8-7-12-5-3-4-6-15(12)21/h3-6,9-10,20H,7-8,11H2,1-2H3. The molecule has 3 rings (SSSR count). The predicted molar refractivity (Wildman–Crippen MR) is 95.5 cm³/mol. The molecule has 126 valence electrons. The van der Waals surface area contributed by atoms with Crippen LogP contribution in [0.1, 0.15) is 5.56 Å². The number of amides is 1. The molecule has 1 amide bonds. The molecule has 0 bridgehead atoms. The van der Waals surface area contributed by atoms with Crippen molar-refractivity contribution in [2.24, 2.45) is 0 Å². The quantitative estimate of drug-likeness (QED) is 0.902. The Morgan fingerprint density at radius 3 is 2.67 bits per heavy atom. The zero-order chi connectivity index (χ0) is 17.1. The van der Waals surface area contributed by atoms with Gasteiger partial charge in [0.25, 0.3) is 0 Å². The van der Waals surface area contributed by atoms with Gasteiger partial charge in [-0.15, -0.1) is 0 Å². The topological polar surface area (TPSA) is 50.8 Å². The second-order valence-corrected chi connectivity index (χ2v) is 5.87. The fraction of sp³-hybridized carbons (Fsp3) is 0.278. The minimum Gasteiger partial charge on any atom is -0.493 e. The van der Waals surface area contributed by atoms with Crippen molar-refractivity contribution in [3.63, 3.8) is 0 Å². The SMILES string of the molecule is COc1cc(Cl)c(NCC(=O)N2CCc3ccccc32)cc1OC. The summed E-state index contributed by atoms with van der Waals surface area (Å²) in [5, 5.41) is 3.56. The molecular formula is C18H19ClN2O3. The van der Waals surface area contributed by atoms with Crippen LogP contribution in [0.25, 0.3) is 0 Å². The van der Waals surface area contributed by atoms with Gasteiger partial charge in [-0.1, -0.05) is 29.8 Å². The van der Waals surface area contributed by atoms with Crippen molar-refractivity contribution < 1.29 is 14.3 Å². The van der Waals surface area contributed by atoms with E-state index in [1.807, 2.05) is 18.2 Å². The van der Waals surface area contributed by atoms with E-state index in [0.29, 0.717) is 28.8 Å². The first-order valence-corrected chi connectivity index (χ1v) is 8.05. The van der Waals surface area contributed by atoms with Crippen LogP contribution in [0.5, 0.6) is 11.5 Å². The first-order valence-electron chi connectivity index (χ1n) is 7.67. The number of nitrogens with zero attached hydrogens (tertiary/aromatic N) is 1. The fourth-order valence-corrected chi connectivity index (χ4v) is 3.07. The Morgan fingerprint density at radius 2 is 1.92 bits per heavy atom. The number of fused-ring (bicyclic) bond motifs is 1.